The van der Waals surface area contributed by atoms with E-state index < -0.39 is 11.7 Å². The number of benzene rings is 1. The Bertz CT molecular complexity index is 546. The highest BCUT2D eigenvalue weighted by molar-refractivity contribution is 9.11. The monoisotopic (exact) mass is 412 g/mol. The summed E-state index contributed by atoms with van der Waals surface area (Å²) in [5.74, 6) is 0. The minimum absolute atomic E-state index is 0.0959. The minimum Gasteiger partial charge on any atom is -0.166 e. The van der Waals surface area contributed by atoms with Gasteiger partial charge in [-0.15, -0.1) is 11.3 Å². The molecule has 1 heterocycles. The molecule has 0 saturated heterocycles. The highest BCUT2D eigenvalue weighted by atomic mass is 79.9. The van der Waals surface area contributed by atoms with Gasteiger partial charge in [-0.3, -0.25) is 0 Å². The van der Waals surface area contributed by atoms with Crippen molar-refractivity contribution < 1.29 is 13.2 Å². The van der Waals surface area contributed by atoms with Crippen molar-refractivity contribution in [3.63, 3.8) is 0 Å². The fourth-order valence-electron chi connectivity index (χ4n) is 1.66. The molecule has 19 heavy (non-hydrogen) atoms. The molecule has 0 amide bonds. The van der Waals surface area contributed by atoms with Gasteiger partial charge in [0.25, 0.3) is 0 Å². The lowest BCUT2D eigenvalue weighted by atomic mass is 10.1. The number of alkyl halides is 4. The van der Waals surface area contributed by atoms with Gasteiger partial charge in [-0.05, 0) is 51.5 Å². The molecule has 0 nitrogen and oxygen atoms in total. The third kappa shape index (κ3) is 3.83. The Labute approximate surface area is 129 Å². The summed E-state index contributed by atoms with van der Waals surface area (Å²) in [7, 11) is 0. The van der Waals surface area contributed by atoms with Crippen LogP contribution in [0.4, 0.5) is 13.2 Å². The second-order valence-electron chi connectivity index (χ2n) is 4.00. The maximum Gasteiger partial charge on any atom is 0.416 e. The van der Waals surface area contributed by atoms with Crippen LogP contribution in [0.5, 0.6) is 0 Å². The van der Waals surface area contributed by atoms with E-state index in [0.717, 1.165) is 27.0 Å². The van der Waals surface area contributed by atoms with Crippen molar-refractivity contribution in [2.45, 2.75) is 17.4 Å². The van der Waals surface area contributed by atoms with Crippen molar-refractivity contribution in [3.05, 3.63) is 56.2 Å². The predicted molar refractivity (Wildman–Crippen MR) is 78.8 cm³/mol. The van der Waals surface area contributed by atoms with Crippen LogP contribution in [0.15, 0.2) is 40.2 Å². The van der Waals surface area contributed by atoms with Crippen molar-refractivity contribution in [2.24, 2.45) is 0 Å². The molecule has 102 valence electrons. The standard InChI is InChI=1S/C13H9Br2F3S/c14-10-5-6-19-12(10)11(15)7-8-1-3-9(4-2-8)13(16,17)18/h1-6,11H,7H2. The summed E-state index contributed by atoms with van der Waals surface area (Å²) in [5.41, 5.74) is 0.259. The van der Waals surface area contributed by atoms with E-state index in [1.54, 1.807) is 11.3 Å². The fourth-order valence-corrected chi connectivity index (χ4v) is 4.54. The second-order valence-corrected chi connectivity index (χ2v) is 6.91. The molecule has 0 fully saturated rings. The van der Waals surface area contributed by atoms with Crippen LogP contribution in [-0.2, 0) is 12.6 Å². The molecular formula is C13H9Br2F3S. The van der Waals surface area contributed by atoms with Gasteiger partial charge in [-0.1, -0.05) is 28.1 Å². The molecule has 2 aromatic rings. The molecule has 1 aromatic carbocycles. The van der Waals surface area contributed by atoms with Gasteiger partial charge in [0.05, 0.1) is 10.4 Å². The second kappa shape index (κ2) is 5.97. The van der Waals surface area contributed by atoms with E-state index >= 15 is 0 Å². The average molecular weight is 414 g/mol. The molecule has 0 aliphatic carbocycles. The van der Waals surface area contributed by atoms with E-state index in [9.17, 15) is 13.2 Å². The molecule has 2 rings (SSSR count). The van der Waals surface area contributed by atoms with Gasteiger partial charge in [0, 0.05) is 9.35 Å². The predicted octanol–water partition coefficient (Wildman–Crippen LogP) is 6.21. The van der Waals surface area contributed by atoms with E-state index in [1.165, 1.54) is 12.1 Å². The highest BCUT2D eigenvalue weighted by Gasteiger charge is 2.30. The third-order valence-corrected chi connectivity index (χ3v) is 5.69. The molecule has 0 N–H and O–H groups in total. The largest absolute Gasteiger partial charge is 0.416 e. The first-order chi connectivity index (χ1) is 8.88. The van der Waals surface area contributed by atoms with E-state index in [0.29, 0.717) is 6.42 Å². The maximum absolute atomic E-state index is 12.4. The first kappa shape index (κ1) is 15.1. The number of halogens is 5. The van der Waals surface area contributed by atoms with E-state index in [-0.39, 0.29) is 4.83 Å². The van der Waals surface area contributed by atoms with Crippen LogP contribution in [0.2, 0.25) is 0 Å². The van der Waals surface area contributed by atoms with Gasteiger partial charge in [0.2, 0.25) is 0 Å². The van der Waals surface area contributed by atoms with Crippen molar-refractivity contribution in [1.29, 1.82) is 0 Å². The van der Waals surface area contributed by atoms with E-state index in [2.05, 4.69) is 31.9 Å². The fraction of sp³-hybridized carbons (Fsp3) is 0.231. The van der Waals surface area contributed by atoms with Crippen molar-refractivity contribution in [2.75, 3.05) is 0 Å². The molecule has 0 saturated carbocycles. The lowest BCUT2D eigenvalue weighted by Crippen LogP contribution is -2.04. The number of hydrogen-bond donors (Lipinski definition) is 0. The molecule has 0 radical (unpaired) electrons. The summed E-state index contributed by atoms with van der Waals surface area (Å²) in [6.45, 7) is 0. The first-order valence-corrected chi connectivity index (χ1v) is 8.00. The summed E-state index contributed by atoms with van der Waals surface area (Å²) in [5, 5.41) is 1.97. The Balaban J connectivity index is 2.10. The quantitative estimate of drug-likeness (QED) is 0.525. The summed E-state index contributed by atoms with van der Waals surface area (Å²) in [4.78, 5) is 1.23. The minimum atomic E-state index is -4.27. The zero-order chi connectivity index (χ0) is 14.0. The first-order valence-electron chi connectivity index (χ1n) is 5.41. The lowest BCUT2D eigenvalue weighted by molar-refractivity contribution is -0.137. The molecule has 1 unspecified atom stereocenters. The van der Waals surface area contributed by atoms with Gasteiger partial charge in [-0.25, -0.2) is 0 Å². The van der Waals surface area contributed by atoms with Crippen molar-refractivity contribution in [3.8, 4) is 0 Å². The Morgan fingerprint density at radius 3 is 2.21 bits per heavy atom. The Morgan fingerprint density at radius 2 is 1.74 bits per heavy atom. The normalized spacial score (nSPS) is 13.5. The lowest BCUT2D eigenvalue weighted by Gasteiger charge is -2.11. The molecular weight excluding hydrogens is 405 g/mol. The zero-order valence-electron chi connectivity index (χ0n) is 9.55. The summed E-state index contributed by atoms with van der Waals surface area (Å²) in [6.07, 6.45) is -3.62. The van der Waals surface area contributed by atoms with Crippen LogP contribution in [-0.4, -0.2) is 0 Å². The SMILES string of the molecule is FC(F)(F)c1ccc(CC(Br)c2sccc2Br)cc1. The van der Waals surface area contributed by atoms with Crippen LogP contribution < -0.4 is 0 Å². The third-order valence-electron chi connectivity index (χ3n) is 2.63. The molecule has 0 bridgehead atoms. The van der Waals surface area contributed by atoms with Gasteiger partial charge in [0.1, 0.15) is 0 Å². The maximum atomic E-state index is 12.4. The van der Waals surface area contributed by atoms with Crippen molar-refractivity contribution in [1.82, 2.24) is 0 Å². The van der Waals surface area contributed by atoms with Crippen LogP contribution >= 0.6 is 43.2 Å². The Morgan fingerprint density at radius 1 is 1.11 bits per heavy atom. The summed E-state index contributed by atoms with van der Waals surface area (Å²) < 4.78 is 38.4. The molecule has 0 aliphatic rings. The van der Waals surface area contributed by atoms with Crippen molar-refractivity contribution >= 4 is 43.2 Å². The number of thiophene rings is 1. The summed E-state index contributed by atoms with van der Waals surface area (Å²) in [6, 6.07) is 7.26. The Hall–Kier alpha value is -0.330. The van der Waals surface area contributed by atoms with E-state index in [4.69, 9.17) is 0 Å². The molecule has 6 heteroatoms. The van der Waals surface area contributed by atoms with Crippen LogP contribution in [0.25, 0.3) is 0 Å². The van der Waals surface area contributed by atoms with Crippen LogP contribution in [0.1, 0.15) is 20.8 Å². The number of hydrogen-bond acceptors (Lipinski definition) is 1. The highest BCUT2D eigenvalue weighted by Crippen LogP contribution is 2.37. The van der Waals surface area contributed by atoms with Gasteiger partial charge in [0.15, 0.2) is 0 Å². The zero-order valence-corrected chi connectivity index (χ0v) is 13.5. The molecule has 1 atom stereocenters. The van der Waals surface area contributed by atoms with Gasteiger partial charge in [-0.2, -0.15) is 13.2 Å². The van der Waals surface area contributed by atoms with Crippen LogP contribution in [0.3, 0.4) is 0 Å². The topological polar surface area (TPSA) is 0 Å². The molecule has 0 spiro atoms. The van der Waals surface area contributed by atoms with Gasteiger partial charge >= 0.3 is 6.18 Å². The van der Waals surface area contributed by atoms with E-state index in [1.807, 2.05) is 11.4 Å². The average Bonchev–Trinajstić information content (AvgIpc) is 2.75. The molecule has 0 aliphatic heterocycles. The van der Waals surface area contributed by atoms with Gasteiger partial charge < -0.3 is 0 Å². The van der Waals surface area contributed by atoms with Crippen LogP contribution in [0, 0.1) is 0 Å². The Kier molecular flexibility index (Phi) is 4.74. The summed E-state index contributed by atoms with van der Waals surface area (Å²) >= 11 is 8.63. The smallest absolute Gasteiger partial charge is 0.166 e. The number of rotatable bonds is 3. The molecule has 1 aromatic heterocycles.